The summed E-state index contributed by atoms with van der Waals surface area (Å²) in [5.74, 6) is 0.884. The van der Waals surface area contributed by atoms with Gasteiger partial charge in [-0.2, -0.15) is 8.78 Å². The molecule has 2 aromatic carbocycles. The topological polar surface area (TPSA) is 42.0 Å². The molecule has 0 radical (unpaired) electrons. The number of methoxy groups -OCH3 is 1. The second kappa shape index (κ2) is 9.87. The van der Waals surface area contributed by atoms with Crippen molar-refractivity contribution in [1.82, 2.24) is 9.80 Å². The quantitative estimate of drug-likeness (QED) is 0.671. The Bertz CT molecular complexity index is 721. The summed E-state index contributed by atoms with van der Waals surface area (Å²) in [4.78, 5) is 15.9. The van der Waals surface area contributed by atoms with E-state index in [1.165, 1.54) is 12.1 Å². The monoisotopic (exact) mass is 378 g/mol. The molecule has 0 N–H and O–H groups in total. The van der Waals surface area contributed by atoms with Crippen LogP contribution in [0.1, 0.15) is 11.1 Å². The number of rotatable bonds is 9. The van der Waals surface area contributed by atoms with Gasteiger partial charge in [-0.1, -0.05) is 24.3 Å². The summed E-state index contributed by atoms with van der Waals surface area (Å²) < 4.78 is 33.8. The zero-order valence-electron chi connectivity index (χ0n) is 15.7. The summed E-state index contributed by atoms with van der Waals surface area (Å²) >= 11 is 0. The van der Waals surface area contributed by atoms with Crippen molar-refractivity contribution in [1.29, 1.82) is 0 Å². The maximum Gasteiger partial charge on any atom is 0.387 e. The van der Waals surface area contributed by atoms with E-state index in [9.17, 15) is 13.6 Å². The predicted molar refractivity (Wildman–Crippen MR) is 98.9 cm³/mol. The van der Waals surface area contributed by atoms with Gasteiger partial charge in [0.2, 0.25) is 5.91 Å². The minimum Gasteiger partial charge on any atom is -0.497 e. The smallest absolute Gasteiger partial charge is 0.387 e. The standard InChI is InChI=1S/C20H24F2N2O3/c1-23(12-15-6-10-18(11-7-15)27-20(21)22)14-19(25)24(2)13-16-4-8-17(26-3)9-5-16/h4-11,20H,12-14H2,1-3H3. The fraction of sp³-hybridized carbons (Fsp3) is 0.350. The fourth-order valence-electron chi connectivity index (χ4n) is 2.59. The van der Waals surface area contributed by atoms with Gasteiger partial charge in [0.1, 0.15) is 11.5 Å². The predicted octanol–water partition coefficient (Wildman–Crippen LogP) is 3.39. The van der Waals surface area contributed by atoms with Crippen molar-refractivity contribution in [3.05, 3.63) is 59.7 Å². The average Bonchev–Trinajstić information content (AvgIpc) is 2.63. The average molecular weight is 378 g/mol. The number of hydrogen-bond acceptors (Lipinski definition) is 4. The number of amides is 1. The number of nitrogens with zero attached hydrogens (tertiary/aromatic N) is 2. The Morgan fingerprint density at radius 3 is 1.96 bits per heavy atom. The minimum atomic E-state index is -2.84. The summed E-state index contributed by atoms with van der Waals surface area (Å²) in [6.45, 7) is -1.55. The SMILES string of the molecule is COc1ccc(CN(C)C(=O)CN(C)Cc2ccc(OC(F)F)cc2)cc1. The molecule has 5 nitrogen and oxygen atoms in total. The lowest BCUT2D eigenvalue weighted by molar-refractivity contribution is -0.131. The molecule has 0 aliphatic rings. The molecule has 27 heavy (non-hydrogen) atoms. The van der Waals surface area contributed by atoms with Crippen LogP contribution in [0.5, 0.6) is 11.5 Å². The van der Waals surface area contributed by atoms with Crippen LogP contribution in [-0.2, 0) is 17.9 Å². The Balaban J connectivity index is 1.82. The van der Waals surface area contributed by atoms with Gasteiger partial charge in [-0.25, -0.2) is 0 Å². The van der Waals surface area contributed by atoms with E-state index in [2.05, 4.69) is 4.74 Å². The van der Waals surface area contributed by atoms with E-state index in [1.807, 2.05) is 36.2 Å². The largest absolute Gasteiger partial charge is 0.497 e. The molecule has 0 aromatic heterocycles. The Morgan fingerprint density at radius 2 is 1.44 bits per heavy atom. The maximum atomic E-state index is 12.4. The van der Waals surface area contributed by atoms with Crippen LogP contribution < -0.4 is 9.47 Å². The van der Waals surface area contributed by atoms with Gasteiger partial charge in [0.05, 0.1) is 13.7 Å². The third kappa shape index (κ3) is 6.86. The lowest BCUT2D eigenvalue weighted by Crippen LogP contribution is -2.36. The molecule has 1 amide bonds. The lowest BCUT2D eigenvalue weighted by Gasteiger charge is -2.22. The summed E-state index contributed by atoms with van der Waals surface area (Å²) in [5.41, 5.74) is 1.92. The number of carbonyl (C=O) groups is 1. The molecule has 2 aromatic rings. The van der Waals surface area contributed by atoms with Gasteiger partial charge >= 0.3 is 6.61 Å². The molecule has 0 aliphatic carbocycles. The van der Waals surface area contributed by atoms with Crippen molar-refractivity contribution in [2.24, 2.45) is 0 Å². The highest BCUT2D eigenvalue weighted by atomic mass is 19.3. The Labute approximate surface area is 158 Å². The number of likely N-dealkylation sites (N-methyl/N-ethyl adjacent to an activating group) is 2. The van der Waals surface area contributed by atoms with Crippen LogP contribution in [0, 0.1) is 0 Å². The van der Waals surface area contributed by atoms with Crippen LogP contribution in [0.4, 0.5) is 8.78 Å². The Hall–Kier alpha value is -2.67. The molecule has 146 valence electrons. The van der Waals surface area contributed by atoms with Crippen LogP contribution in [0.3, 0.4) is 0 Å². The van der Waals surface area contributed by atoms with Gasteiger partial charge in [-0.05, 0) is 42.4 Å². The fourth-order valence-corrected chi connectivity index (χ4v) is 2.59. The summed E-state index contributed by atoms with van der Waals surface area (Å²) in [5, 5.41) is 0. The first-order chi connectivity index (χ1) is 12.9. The molecule has 0 saturated heterocycles. The van der Waals surface area contributed by atoms with E-state index in [1.54, 1.807) is 31.2 Å². The van der Waals surface area contributed by atoms with Crippen molar-refractivity contribution in [2.45, 2.75) is 19.7 Å². The van der Waals surface area contributed by atoms with Gasteiger partial charge in [0.25, 0.3) is 0 Å². The van der Waals surface area contributed by atoms with Crippen LogP contribution in [0.15, 0.2) is 48.5 Å². The van der Waals surface area contributed by atoms with E-state index < -0.39 is 6.61 Å². The molecule has 0 unspecified atom stereocenters. The highest BCUT2D eigenvalue weighted by molar-refractivity contribution is 5.77. The Morgan fingerprint density at radius 1 is 0.926 bits per heavy atom. The normalized spacial score (nSPS) is 10.9. The molecule has 0 atom stereocenters. The molecule has 0 saturated carbocycles. The maximum absolute atomic E-state index is 12.4. The van der Waals surface area contributed by atoms with Gasteiger partial charge in [-0.15, -0.1) is 0 Å². The van der Waals surface area contributed by atoms with Crippen molar-refractivity contribution < 1.29 is 23.0 Å². The molecule has 7 heteroatoms. The van der Waals surface area contributed by atoms with Crippen molar-refractivity contribution in [2.75, 3.05) is 27.7 Å². The third-order valence-electron chi connectivity index (χ3n) is 4.01. The van der Waals surface area contributed by atoms with E-state index >= 15 is 0 Å². The minimum absolute atomic E-state index is 0.00836. The van der Waals surface area contributed by atoms with E-state index in [0.717, 1.165) is 16.9 Å². The first-order valence-electron chi connectivity index (χ1n) is 8.46. The van der Waals surface area contributed by atoms with Gasteiger partial charge < -0.3 is 14.4 Å². The van der Waals surface area contributed by atoms with Crippen LogP contribution in [0.25, 0.3) is 0 Å². The van der Waals surface area contributed by atoms with Crippen LogP contribution in [0.2, 0.25) is 0 Å². The molecule has 0 aliphatic heterocycles. The van der Waals surface area contributed by atoms with Gasteiger partial charge in [-0.3, -0.25) is 9.69 Å². The second-order valence-electron chi connectivity index (χ2n) is 6.29. The van der Waals surface area contributed by atoms with Crippen LogP contribution in [-0.4, -0.2) is 50.1 Å². The molecular formula is C20H24F2N2O3. The van der Waals surface area contributed by atoms with Gasteiger partial charge in [0.15, 0.2) is 0 Å². The van der Waals surface area contributed by atoms with Crippen molar-refractivity contribution in [3.8, 4) is 11.5 Å². The molecule has 0 heterocycles. The zero-order valence-corrected chi connectivity index (χ0v) is 15.7. The molecular weight excluding hydrogens is 354 g/mol. The molecule has 0 fully saturated rings. The van der Waals surface area contributed by atoms with E-state index in [0.29, 0.717) is 13.1 Å². The highest BCUT2D eigenvalue weighted by Gasteiger charge is 2.13. The van der Waals surface area contributed by atoms with Crippen molar-refractivity contribution >= 4 is 5.91 Å². The second-order valence-corrected chi connectivity index (χ2v) is 6.29. The van der Waals surface area contributed by atoms with E-state index in [-0.39, 0.29) is 18.2 Å². The molecule has 0 bridgehead atoms. The number of ether oxygens (including phenoxy) is 2. The number of hydrogen-bond donors (Lipinski definition) is 0. The number of alkyl halides is 2. The number of benzene rings is 2. The molecule has 0 spiro atoms. The first kappa shape index (κ1) is 20.6. The highest BCUT2D eigenvalue weighted by Crippen LogP contribution is 2.16. The van der Waals surface area contributed by atoms with E-state index in [4.69, 9.17) is 4.74 Å². The molecule has 2 rings (SSSR count). The Kier molecular flexibility index (Phi) is 7.55. The first-order valence-corrected chi connectivity index (χ1v) is 8.46. The zero-order chi connectivity index (χ0) is 19.8. The lowest BCUT2D eigenvalue weighted by atomic mass is 10.2. The summed E-state index contributed by atoms with van der Waals surface area (Å²) in [7, 11) is 5.21. The van der Waals surface area contributed by atoms with Gasteiger partial charge in [0, 0.05) is 20.1 Å². The van der Waals surface area contributed by atoms with Crippen molar-refractivity contribution in [3.63, 3.8) is 0 Å². The third-order valence-corrected chi connectivity index (χ3v) is 4.01. The van der Waals surface area contributed by atoms with Crippen LogP contribution >= 0.6 is 0 Å². The summed E-state index contributed by atoms with van der Waals surface area (Å²) in [6.07, 6.45) is 0. The number of carbonyl (C=O) groups excluding carboxylic acids is 1. The summed E-state index contributed by atoms with van der Waals surface area (Å²) in [6, 6.07) is 14.0. The number of halogens is 2.